The van der Waals surface area contributed by atoms with Gasteiger partial charge in [-0.25, -0.2) is 9.37 Å². The van der Waals surface area contributed by atoms with E-state index in [1.165, 1.54) is 6.07 Å². The Morgan fingerprint density at radius 3 is 3.04 bits per heavy atom. The van der Waals surface area contributed by atoms with Gasteiger partial charge in [-0.1, -0.05) is 0 Å². The molecule has 1 aromatic carbocycles. The van der Waals surface area contributed by atoms with E-state index in [4.69, 9.17) is 4.74 Å². The van der Waals surface area contributed by atoms with Gasteiger partial charge < -0.3 is 10.1 Å². The number of halogens is 1. The Bertz CT molecular complexity index is 895. The summed E-state index contributed by atoms with van der Waals surface area (Å²) < 4.78 is 19.7. The number of ether oxygens (including phenoxy) is 1. The summed E-state index contributed by atoms with van der Waals surface area (Å²) in [5, 5.41) is 4.18. The van der Waals surface area contributed by atoms with Crippen molar-refractivity contribution >= 4 is 16.7 Å². The lowest BCUT2D eigenvalue weighted by molar-refractivity contribution is 0.356. The second-order valence-corrected chi connectivity index (χ2v) is 5.63. The van der Waals surface area contributed by atoms with Gasteiger partial charge in [0.05, 0.1) is 12.1 Å². The molecule has 0 spiro atoms. The lowest BCUT2D eigenvalue weighted by atomic mass is 10.0. The molecule has 0 saturated carbocycles. The van der Waals surface area contributed by atoms with E-state index in [-0.39, 0.29) is 5.82 Å². The molecule has 0 radical (unpaired) electrons. The van der Waals surface area contributed by atoms with Crippen LogP contribution in [0.2, 0.25) is 0 Å². The van der Waals surface area contributed by atoms with Gasteiger partial charge in [0.1, 0.15) is 17.4 Å². The molecule has 1 N–H and O–H groups in total. The van der Waals surface area contributed by atoms with Gasteiger partial charge in [0.25, 0.3) is 0 Å². The highest BCUT2D eigenvalue weighted by Gasteiger charge is 2.19. The fourth-order valence-corrected chi connectivity index (χ4v) is 2.98. The standard InChI is InChI=1S/C18H16FN3O/c1-11-2-3-13-16(22-11)6-8-20-18(13)21-10-14-12-7-9-23-17(12)5-4-15(14)19/h2-6,8H,7,9-10H2,1H3,(H,20,21). The van der Waals surface area contributed by atoms with Crippen LogP contribution in [0.4, 0.5) is 10.2 Å². The molecule has 4 nitrogen and oxygen atoms in total. The first-order chi connectivity index (χ1) is 11.2. The van der Waals surface area contributed by atoms with Crippen molar-refractivity contribution in [3.63, 3.8) is 0 Å². The summed E-state index contributed by atoms with van der Waals surface area (Å²) in [6.07, 6.45) is 2.46. The van der Waals surface area contributed by atoms with Crippen LogP contribution < -0.4 is 10.1 Å². The van der Waals surface area contributed by atoms with Crippen LogP contribution in [0.15, 0.2) is 36.5 Å². The first-order valence-corrected chi connectivity index (χ1v) is 7.61. The molecule has 0 saturated heterocycles. The van der Waals surface area contributed by atoms with E-state index >= 15 is 0 Å². The number of anilines is 1. The Kier molecular flexibility index (Phi) is 3.33. The van der Waals surface area contributed by atoms with Crippen LogP contribution in [-0.2, 0) is 13.0 Å². The number of hydrogen-bond donors (Lipinski definition) is 1. The molecule has 1 aliphatic heterocycles. The average Bonchev–Trinajstić information content (AvgIpc) is 3.02. The summed E-state index contributed by atoms with van der Waals surface area (Å²) in [7, 11) is 0. The molecular weight excluding hydrogens is 293 g/mol. The third kappa shape index (κ3) is 2.48. The molecular formula is C18H16FN3O. The number of aromatic nitrogens is 2. The van der Waals surface area contributed by atoms with Crippen LogP contribution in [0, 0.1) is 12.7 Å². The SMILES string of the molecule is Cc1ccc2c(NCc3c(F)ccc4c3CCO4)nccc2n1. The summed E-state index contributed by atoms with van der Waals surface area (Å²) in [4.78, 5) is 8.86. The minimum atomic E-state index is -0.212. The normalized spacial score (nSPS) is 13.0. The first kappa shape index (κ1) is 13.9. The molecule has 3 aromatic rings. The molecule has 0 atom stereocenters. The van der Waals surface area contributed by atoms with Gasteiger partial charge in [-0.15, -0.1) is 0 Å². The summed E-state index contributed by atoms with van der Waals surface area (Å²) in [5.74, 6) is 1.29. The number of nitrogens with zero attached hydrogens (tertiary/aromatic N) is 2. The molecule has 4 rings (SSSR count). The average molecular weight is 309 g/mol. The molecule has 0 amide bonds. The van der Waals surface area contributed by atoms with E-state index in [9.17, 15) is 4.39 Å². The number of hydrogen-bond acceptors (Lipinski definition) is 4. The van der Waals surface area contributed by atoms with Crippen molar-refractivity contribution in [2.24, 2.45) is 0 Å². The van der Waals surface area contributed by atoms with E-state index in [1.54, 1.807) is 12.3 Å². The Morgan fingerprint density at radius 1 is 1.22 bits per heavy atom. The Labute approximate surface area is 133 Å². The van der Waals surface area contributed by atoms with Gasteiger partial charge in [-0.05, 0) is 37.3 Å². The predicted octanol–water partition coefficient (Wildman–Crippen LogP) is 3.62. The smallest absolute Gasteiger partial charge is 0.135 e. The fraction of sp³-hybridized carbons (Fsp3) is 0.222. The zero-order valence-corrected chi connectivity index (χ0v) is 12.8. The Hall–Kier alpha value is -2.69. The van der Waals surface area contributed by atoms with Crippen LogP contribution in [0.3, 0.4) is 0 Å². The highest BCUT2D eigenvalue weighted by atomic mass is 19.1. The topological polar surface area (TPSA) is 47.0 Å². The van der Waals surface area contributed by atoms with E-state index in [1.807, 2.05) is 25.1 Å². The molecule has 0 bridgehead atoms. The molecule has 3 heterocycles. The quantitative estimate of drug-likeness (QED) is 0.802. The first-order valence-electron chi connectivity index (χ1n) is 7.61. The van der Waals surface area contributed by atoms with Gasteiger partial charge >= 0.3 is 0 Å². The minimum Gasteiger partial charge on any atom is -0.493 e. The van der Waals surface area contributed by atoms with Crippen LogP contribution in [0.5, 0.6) is 5.75 Å². The third-order valence-corrected chi connectivity index (χ3v) is 4.13. The number of pyridine rings is 2. The summed E-state index contributed by atoms with van der Waals surface area (Å²) in [5.41, 5.74) is 3.44. The lowest BCUT2D eigenvalue weighted by Gasteiger charge is -2.12. The molecule has 2 aromatic heterocycles. The fourth-order valence-electron chi connectivity index (χ4n) is 2.98. The van der Waals surface area contributed by atoms with Crippen molar-refractivity contribution in [3.05, 3.63) is 59.2 Å². The highest BCUT2D eigenvalue weighted by molar-refractivity contribution is 5.88. The second kappa shape index (κ2) is 5.50. The predicted molar refractivity (Wildman–Crippen MR) is 87.2 cm³/mol. The maximum Gasteiger partial charge on any atom is 0.135 e. The number of benzene rings is 1. The van der Waals surface area contributed by atoms with E-state index in [0.717, 1.165) is 34.3 Å². The van der Waals surface area contributed by atoms with Gasteiger partial charge in [-0.3, -0.25) is 4.98 Å². The minimum absolute atomic E-state index is 0.212. The number of aryl methyl sites for hydroxylation is 1. The summed E-state index contributed by atoms with van der Waals surface area (Å²) >= 11 is 0. The number of fused-ring (bicyclic) bond motifs is 2. The Balaban J connectivity index is 1.67. The van der Waals surface area contributed by atoms with Gasteiger partial charge in [0.15, 0.2) is 0 Å². The van der Waals surface area contributed by atoms with Crippen LogP contribution in [-0.4, -0.2) is 16.6 Å². The monoisotopic (exact) mass is 309 g/mol. The van der Waals surface area contributed by atoms with Gasteiger partial charge in [-0.2, -0.15) is 0 Å². The van der Waals surface area contributed by atoms with Crippen LogP contribution in [0.25, 0.3) is 10.9 Å². The van der Waals surface area contributed by atoms with E-state index in [2.05, 4.69) is 15.3 Å². The molecule has 0 aliphatic carbocycles. The van der Waals surface area contributed by atoms with E-state index < -0.39 is 0 Å². The zero-order chi connectivity index (χ0) is 15.8. The lowest BCUT2D eigenvalue weighted by Crippen LogP contribution is -2.06. The maximum absolute atomic E-state index is 14.2. The second-order valence-electron chi connectivity index (χ2n) is 5.63. The highest BCUT2D eigenvalue weighted by Crippen LogP contribution is 2.31. The van der Waals surface area contributed by atoms with Gasteiger partial charge in [0, 0.05) is 41.4 Å². The molecule has 0 fully saturated rings. The van der Waals surface area contributed by atoms with Crippen molar-refractivity contribution in [2.75, 3.05) is 11.9 Å². The third-order valence-electron chi connectivity index (χ3n) is 4.13. The van der Waals surface area contributed by atoms with E-state index in [0.29, 0.717) is 24.5 Å². The molecule has 5 heteroatoms. The van der Waals surface area contributed by atoms with Crippen molar-refractivity contribution < 1.29 is 9.13 Å². The van der Waals surface area contributed by atoms with Gasteiger partial charge in [0.2, 0.25) is 0 Å². The molecule has 1 aliphatic rings. The van der Waals surface area contributed by atoms with Crippen LogP contribution in [0.1, 0.15) is 16.8 Å². The van der Waals surface area contributed by atoms with Crippen molar-refractivity contribution in [3.8, 4) is 5.75 Å². The zero-order valence-electron chi connectivity index (χ0n) is 12.8. The molecule has 23 heavy (non-hydrogen) atoms. The molecule has 0 unspecified atom stereocenters. The summed E-state index contributed by atoms with van der Waals surface area (Å²) in [6, 6.07) is 8.97. The largest absolute Gasteiger partial charge is 0.493 e. The van der Waals surface area contributed by atoms with Crippen molar-refractivity contribution in [2.45, 2.75) is 19.9 Å². The van der Waals surface area contributed by atoms with Crippen molar-refractivity contribution in [1.29, 1.82) is 0 Å². The summed E-state index contributed by atoms with van der Waals surface area (Å²) in [6.45, 7) is 2.94. The van der Waals surface area contributed by atoms with Crippen LogP contribution >= 0.6 is 0 Å². The Morgan fingerprint density at radius 2 is 2.13 bits per heavy atom. The molecule has 116 valence electrons. The number of nitrogens with one attached hydrogen (secondary N) is 1. The van der Waals surface area contributed by atoms with Crippen molar-refractivity contribution in [1.82, 2.24) is 9.97 Å². The maximum atomic E-state index is 14.2. The number of rotatable bonds is 3.